The summed E-state index contributed by atoms with van der Waals surface area (Å²) in [5.74, 6) is -0.143. The molecule has 1 heterocycles. The number of nitrogens with one attached hydrogen (secondary N) is 1. The SMILES string of the molecule is NC(=O)c1cc(Oc2ccc(CCC(=O)Nc3cccc(C(F)(F)F)c3)cc2)ccn1. The molecule has 0 fully saturated rings. The van der Waals surface area contributed by atoms with Gasteiger partial charge in [0.2, 0.25) is 5.91 Å². The Bertz CT molecular complexity index is 1080. The molecule has 0 bridgehead atoms. The molecule has 0 unspecified atom stereocenters. The molecule has 2 amide bonds. The molecule has 160 valence electrons. The van der Waals surface area contributed by atoms with Gasteiger partial charge < -0.3 is 15.8 Å². The second-order valence-electron chi connectivity index (χ2n) is 6.61. The van der Waals surface area contributed by atoms with Crippen molar-refractivity contribution in [3.05, 3.63) is 83.7 Å². The molecule has 3 N–H and O–H groups in total. The Labute approximate surface area is 175 Å². The van der Waals surface area contributed by atoms with Crippen LogP contribution in [0.3, 0.4) is 0 Å². The fourth-order valence-corrected chi connectivity index (χ4v) is 2.72. The third-order valence-corrected chi connectivity index (χ3v) is 4.26. The van der Waals surface area contributed by atoms with Crippen LogP contribution in [0.1, 0.15) is 28.0 Å². The number of ether oxygens (including phenoxy) is 1. The number of aromatic nitrogens is 1. The van der Waals surface area contributed by atoms with Crippen LogP contribution in [0, 0.1) is 0 Å². The summed E-state index contributed by atoms with van der Waals surface area (Å²) >= 11 is 0. The molecule has 0 aliphatic carbocycles. The van der Waals surface area contributed by atoms with Crippen LogP contribution in [0.15, 0.2) is 66.9 Å². The second-order valence-corrected chi connectivity index (χ2v) is 6.61. The predicted molar refractivity (Wildman–Crippen MR) is 108 cm³/mol. The molecule has 0 radical (unpaired) electrons. The largest absolute Gasteiger partial charge is 0.457 e. The van der Waals surface area contributed by atoms with Crippen LogP contribution in [0.4, 0.5) is 18.9 Å². The number of alkyl halides is 3. The van der Waals surface area contributed by atoms with Gasteiger partial charge in [0, 0.05) is 24.4 Å². The van der Waals surface area contributed by atoms with Gasteiger partial charge in [-0.1, -0.05) is 18.2 Å². The van der Waals surface area contributed by atoms with Crippen molar-refractivity contribution >= 4 is 17.5 Å². The van der Waals surface area contributed by atoms with Gasteiger partial charge in [0.05, 0.1) is 5.56 Å². The highest BCUT2D eigenvalue weighted by atomic mass is 19.4. The maximum Gasteiger partial charge on any atom is 0.416 e. The molecule has 31 heavy (non-hydrogen) atoms. The number of anilines is 1. The lowest BCUT2D eigenvalue weighted by Gasteiger charge is -2.10. The third-order valence-electron chi connectivity index (χ3n) is 4.26. The van der Waals surface area contributed by atoms with E-state index in [4.69, 9.17) is 10.5 Å². The number of primary amides is 1. The van der Waals surface area contributed by atoms with Crippen molar-refractivity contribution in [2.75, 3.05) is 5.32 Å². The van der Waals surface area contributed by atoms with Gasteiger partial charge in [0.25, 0.3) is 5.91 Å². The molecule has 9 heteroatoms. The first-order valence-electron chi connectivity index (χ1n) is 9.20. The van der Waals surface area contributed by atoms with Crippen LogP contribution in [-0.4, -0.2) is 16.8 Å². The first-order valence-corrected chi connectivity index (χ1v) is 9.20. The Hall–Kier alpha value is -3.88. The molecule has 0 aliphatic rings. The topological polar surface area (TPSA) is 94.3 Å². The second kappa shape index (κ2) is 9.29. The monoisotopic (exact) mass is 429 g/mol. The summed E-state index contributed by atoms with van der Waals surface area (Å²) in [4.78, 5) is 27.1. The van der Waals surface area contributed by atoms with E-state index >= 15 is 0 Å². The summed E-state index contributed by atoms with van der Waals surface area (Å²) in [5, 5.41) is 2.48. The number of benzene rings is 2. The maximum absolute atomic E-state index is 12.8. The maximum atomic E-state index is 12.8. The number of amides is 2. The van der Waals surface area contributed by atoms with Crippen LogP contribution in [0.5, 0.6) is 11.5 Å². The molecule has 3 rings (SSSR count). The van der Waals surface area contributed by atoms with Crippen LogP contribution in [-0.2, 0) is 17.4 Å². The minimum absolute atomic E-state index is 0.0842. The van der Waals surface area contributed by atoms with Gasteiger partial charge in [0.15, 0.2) is 0 Å². The van der Waals surface area contributed by atoms with E-state index in [1.807, 2.05) is 0 Å². The summed E-state index contributed by atoms with van der Waals surface area (Å²) in [6.45, 7) is 0. The fraction of sp³-hybridized carbons (Fsp3) is 0.136. The molecule has 2 aromatic carbocycles. The summed E-state index contributed by atoms with van der Waals surface area (Å²) in [5.41, 5.74) is 5.39. The Balaban J connectivity index is 1.54. The number of rotatable bonds is 7. The highest BCUT2D eigenvalue weighted by Gasteiger charge is 2.30. The van der Waals surface area contributed by atoms with E-state index in [2.05, 4.69) is 10.3 Å². The minimum atomic E-state index is -4.47. The third kappa shape index (κ3) is 6.30. The molecular formula is C22H18F3N3O3. The van der Waals surface area contributed by atoms with Crippen molar-refractivity contribution in [2.45, 2.75) is 19.0 Å². The number of carbonyl (C=O) groups is 2. The Morgan fingerprint density at radius 2 is 1.74 bits per heavy atom. The zero-order valence-corrected chi connectivity index (χ0v) is 16.1. The smallest absolute Gasteiger partial charge is 0.416 e. The minimum Gasteiger partial charge on any atom is -0.457 e. The van der Waals surface area contributed by atoms with Gasteiger partial charge >= 0.3 is 6.18 Å². The summed E-state index contributed by atoms with van der Waals surface area (Å²) < 4.78 is 43.9. The van der Waals surface area contributed by atoms with E-state index in [-0.39, 0.29) is 17.8 Å². The number of aryl methyl sites for hydroxylation is 1. The van der Waals surface area contributed by atoms with Gasteiger partial charge in [-0.25, -0.2) is 0 Å². The number of carbonyl (C=O) groups excluding carboxylic acids is 2. The van der Waals surface area contributed by atoms with E-state index in [0.29, 0.717) is 17.9 Å². The average Bonchev–Trinajstić information content (AvgIpc) is 2.73. The van der Waals surface area contributed by atoms with Crippen LogP contribution >= 0.6 is 0 Å². The molecular weight excluding hydrogens is 411 g/mol. The van der Waals surface area contributed by atoms with Gasteiger partial charge in [-0.05, 0) is 48.4 Å². The molecule has 6 nitrogen and oxygen atoms in total. The van der Waals surface area contributed by atoms with Crippen molar-refractivity contribution in [1.82, 2.24) is 4.98 Å². The predicted octanol–water partition coefficient (Wildman–Crippen LogP) is 4.56. The standard InChI is InChI=1S/C22H18F3N3O3/c23-22(24,25)15-2-1-3-16(12-15)28-20(29)9-6-14-4-7-17(8-5-14)31-18-10-11-27-19(13-18)21(26)30/h1-5,7-8,10-13H,6,9H2,(H2,26,30)(H,28,29). The van der Waals surface area contributed by atoms with E-state index in [9.17, 15) is 22.8 Å². The van der Waals surface area contributed by atoms with Gasteiger partial charge in [0.1, 0.15) is 17.2 Å². The Morgan fingerprint density at radius 1 is 1.00 bits per heavy atom. The van der Waals surface area contributed by atoms with Crippen LogP contribution < -0.4 is 15.8 Å². The van der Waals surface area contributed by atoms with E-state index in [0.717, 1.165) is 17.7 Å². The van der Waals surface area contributed by atoms with E-state index < -0.39 is 23.6 Å². The first kappa shape index (κ1) is 21.8. The van der Waals surface area contributed by atoms with E-state index in [1.165, 1.54) is 24.4 Å². The lowest BCUT2D eigenvalue weighted by atomic mass is 10.1. The normalized spacial score (nSPS) is 11.1. The molecule has 0 saturated heterocycles. The van der Waals surface area contributed by atoms with Crippen molar-refractivity contribution in [3.63, 3.8) is 0 Å². The number of pyridine rings is 1. The molecule has 0 saturated carbocycles. The molecule has 0 spiro atoms. The molecule has 1 aromatic heterocycles. The fourth-order valence-electron chi connectivity index (χ4n) is 2.72. The highest BCUT2D eigenvalue weighted by molar-refractivity contribution is 5.91. The van der Waals surface area contributed by atoms with Gasteiger partial charge in [-0.2, -0.15) is 13.2 Å². The quantitative estimate of drug-likeness (QED) is 0.576. The van der Waals surface area contributed by atoms with Crippen molar-refractivity contribution in [3.8, 4) is 11.5 Å². The summed E-state index contributed by atoms with van der Waals surface area (Å²) in [6.07, 6.45) is -2.57. The molecule has 0 atom stereocenters. The van der Waals surface area contributed by atoms with Crippen molar-refractivity contribution < 1.29 is 27.5 Å². The number of nitrogens with two attached hydrogens (primary N) is 1. The zero-order chi connectivity index (χ0) is 22.4. The highest BCUT2D eigenvalue weighted by Crippen LogP contribution is 2.30. The van der Waals surface area contributed by atoms with Crippen molar-refractivity contribution in [2.24, 2.45) is 5.73 Å². The number of hydrogen-bond donors (Lipinski definition) is 2. The number of nitrogens with zero attached hydrogens (tertiary/aromatic N) is 1. The summed E-state index contributed by atoms with van der Waals surface area (Å²) in [7, 11) is 0. The van der Waals surface area contributed by atoms with Crippen LogP contribution in [0.25, 0.3) is 0 Å². The number of hydrogen-bond acceptors (Lipinski definition) is 4. The Morgan fingerprint density at radius 3 is 2.42 bits per heavy atom. The van der Waals surface area contributed by atoms with Gasteiger partial charge in [-0.15, -0.1) is 0 Å². The van der Waals surface area contributed by atoms with E-state index in [1.54, 1.807) is 30.3 Å². The number of halogens is 3. The van der Waals surface area contributed by atoms with Crippen molar-refractivity contribution in [1.29, 1.82) is 0 Å². The first-order chi connectivity index (χ1) is 14.7. The summed E-state index contributed by atoms with van der Waals surface area (Å²) in [6, 6.07) is 14.4. The lowest BCUT2D eigenvalue weighted by Crippen LogP contribution is -2.13. The lowest BCUT2D eigenvalue weighted by molar-refractivity contribution is -0.137. The van der Waals surface area contributed by atoms with Gasteiger partial charge in [-0.3, -0.25) is 14.6 Å². The average molecular weight is 429 g/mol. The molecule has 3 aromatic rings. The Kier molecular flexibility index (Phi) is 6.54. The zero-order valence-electron chi connectivity index (χ0n) is 16.1. The molecule has 0 aliphatic heterocycles. The van der Waals surface area contributed by atoms with Crippen LogP contribution in [0.2, 0.25) is 0 Å².